The molecular weight excluding hydrogens is 280 g/mol. The van der Waals surface area contributed by atoms with Gasteiger partial charge in [-0.05, 0) is 66.3 Å². The average Bonchev–Trinajstić information content (AvgIpc) is 2.42. The van der Waals surface area contributed by atoms with Gasteiger partial charge < -0.3 is 19.7 Å². The highest BCUT2D eigenvalue weighted by molar-refractivity contribution is 5.68. The second-order valence-corrected chi connectivity index (χ2v) is 7.26. The van der Waals surface area contributed by atoms with E-state index in [-0.39, 0.29) is 12.1 Å². The molecule has 2 unspecified atom stereocenters. The van der Waals surface area contributed by atoms with Crippen molar-refractivity contribution in [2.45, 2.75) is 77.5 Å². The van der Waals surface area contributed by atoms with Crippen LogP contribution in [0.15, 0.2) is 0 Å². The van der Waals surface area contributed by atoms with E-state index in [1.807, 2.05) is 25.7 Å². The predicted octanol–water partition coefficient (Wildman–Crippen LogP) is 3.18. The lowest BCUT2D eigenvalue weighted by Gasteiger charge is -2.38. The van der Waals surface area contributed by atoms with Crippen LogP contribution in [0.3, 0.4) is 0 Å². The molecule has 2 atom stereocenters. The van der Waals surface area contributed by atoms with Crippen LogP contribution in [0.4, 0.5) is 4.79 Å². The Bertz CT molecular complexity index is 328. The highest BCUT2D eigenvalue weighted by Gasteiger charge is 2.31. The van der Waals surface area contributed by atoms with Crippen molar-refractivity contribution in [1.82, 2.24) is 10.2 Å². The van der Waals surface area contributed by atoms with Crippen LogP contribution in [-0.2, 0) is 9.47 Å². The van der Waals surface area contributed by atoms with Gasteiger partial charge in [0.25, 0.3) is 0 Å². The van der Waals surface area contributed by atoms with E-state index in [4.69, 9.17) is 9.47 Å². The number of amides is 1. The SMILES string of the molecule is COCCCNC(C)CC1CCCCN1C(=O)OC(C)(C)C. The molecule has 0 radical (unpaired) electrons. The summed E-state index contributed by atoms with van der Waals surface area (Å²) in [6.45, 7) is 10.5. The van der Waals surface area contributed by atoms with Crippen molar-refractivity contribution < 1.29 is 14.3 Å². The van der Waals surface area contributed by atoms with Gasteiger partial charge in [0.05, 0.1) is 0 Å². The van der Waals surface area contributed by atoms with Crippen molar-refractivity contribution in [3.63, 3.8) is 0 Å². The summed E-state index contributed by atoms with van der Waals surface area (Å²) in [6, 6.07) is 0.679. The smallest absolute Gasteiger partial charge is 0.410 e. The van der Waals surface area contributed by atoms with Crippen LogP contribution < -0.4 is 5.32 Å². The molecule has 1 rings (SSSR count). The van der Waals surface area contributed by atoms with Gasteiger partial charge in [-0.3, -0.25) is 0 Å². The summed E-state index contributed by atoms with van der Waals surface area (Å²) in [7, 11) is 1.73. The summed E-state index contributed by atoms with van der Waals surface area (Å²) in [5.74, 6) is 0. The topological polar surface area (TPSA) is 50.8 Å². The number of nitrogens with one attached hydrogen (secondary N) is 1. The van der Waals surface area contributed by atoms with Gasteiger partial charge in [-0.2, -0.15) is 0 Å². The highest BCUT2D eigenvalue weighted by Crippen LogP contribution is 2.23. The third kappa shape index (κ3) is 7.45. The standard InChI is InChI=1S/C17H34N2O3/c1-14(18-10-8-12-21-5)13-15-9-6-7-11-19(15)16(20)22-17(2,3)4/h14-15,18H,6-13H2,1-5H3. The molecule has 1 amide bonds. The van der Waals surface area contributed by atoms with Crippen LogP contribution in [0, 0.1) is 0 Å². The zero-order chi connectivity index (χ0) is 16.6. The Hall–Kier alpha value is -0.810. The van der Waals surface area contributed by atoms with E-state index in [0.29, 0.717) is 6.04 Å². The predicted molar refractivity (Wildman–Crippen MR) is 89.2 cm³/mol. The Labute approximate surface area is 135 Å². The third-order valence-electron chi connectivity index (χ3n) is 3.90. The largest absolute Gasteiger partial charge is 0.444 e. The molecule has 0 spiro atoms. The molecule has 0 aromatic rings. The fourth-order valence-electron chi connectivity index (χ4n) is 2.86. The first-order valence-electron chi connectivity index (χ1n) is 8.55. The van der Waals surface area contributed by atoms with E-state index in [1.54, 1.807) is 7.11 Å². The summed E-state index contributed by atoms with van der Waals surface area (Å²) in [5, 5.41) is 3.51. The molecule has 0 aromatic heterocycles. The molecule has 1 aliphatic rings. The second kappa shape index (κ2) is 9.36. The quantitative estimate of drug-likeness (QED) is 0.733. The van der Waals surface area contributed by atoms with Gasteiger partial charge in [0.1, 0.15) is 5.60 Å². The van der Waals surface area contributed by atoms with Crippen molar-refractivity contribution in [3.05, 3.63) is 0 Å². The Morgan fingerprint density at radius 1 is 1.36 bits per heavy atom. The molecule has 0 saturated carbocycles. The van der Waals surface area contributed by atoms with Gasteiger partial charge in [-0.1, -0.05) is 0 Å². The van der Waals surface area contributed by atoms with Crippen LogP contribution in [0.2, 0.25) is 0 Å². The molecule has 0 bridgehead atoms. The lowest BCUT2D eigenvalue weighted by atomic mass is 9.96. The van der Waals surface area contributed by atoms with E-state index < -0.39 is 5.60 Å². The molecule has 130 valence electrons. The molecule has 1 fully saturated rings. The van der Waals surface area contributed by atoms with Crippen LogP contribution in [0.25, 0.3) is 0 Å². The highest BCUT2D eigenvalue weighted by atomic mass is 16.6. The lowest BCUT2D eigenvalue weighted by molar-refractivity contribution is 0.00790. The number of hydrogen-bond acceptors (Lipinski definition) is 4. The maximum Gasteiger partial charge on any atom is 0.410 e. The number of likely N-dealkylation sites (tertiary alicyclic amines) is 1. The van der Waals surface area contributed by atoms with Gasteiger partial charge in [0, 0.05) is 32.3 Å². The van der Waals surface area contributed by atoms with E-state index in [1.165, 1.54) is 6.42 Å². The Balaban J connectivity index is 2.45. The van der Waals surface area contributed by atoms with Crippen LogP contribution >= 0.6 is 0 Å². The molecule has 22 heavy (non-hydrogen) atoms. The summed E-state index contributed by atoms with van der Waals surface area (Å²) in [4.78, 5) is 14.3. The lowest BCUT2D eigenvalue weighted by Crippen LogP contribution is -2.48. The Morgan fingerprint density at radius 2 is 2.09 bits per heavy atom. The number of nitrogens with zero attached hydrogens (tertiary/aromatic N) is 1. The van der Waals surface area contributed by atoms with Crippen molar-refractivity contribution in [3.8, 4) is 0 Å². The Morgan fingerprint density at radius 3 is 2.73 bits per heavy atom. The number of piperidine rings is 1. The van der Waals surface area contributed by atoms with Crippen molar-refractivity contribution in [2.24, 2.45) is 0 Å². The van der Waals surface area contributed by atoms with Crippen molar-refractivity contribution in [1.29, 1.82) is 0 Å². The van der Waals surface area contributed by atoms with E-state index in [2.05, 4.69) is 12.2 Å². The zero-order valence-corrected chi connectivity index (χ0v) is 15.0. The van der Waals surface area contributed by atoms with E-state index in [0.717, 1.165) is 45.4 Å². The molecule has 1 heterocycles. The first-order valence-corrected chi connectivity index (χ1v) is 8.55. The van der Waals surface area contributed by atoms with Gasteiger partial charge >= 0.3 is 6.09 Å². The summed E-state index contributed by atoms with van der Waals surface area (Å²) >= 11 is 0. The molecular formula is C17H34N2O3. The number of rotatable bonds is 7. The average molecular weight is 314 g/mol. The minimum absolute atomic E-state index is 0.163. The number of carbonyl (C=O) groups excluding carboxylic acids is 1. The second-order valence-electron chi connectivity index (χ2n) is 7.26. The van der Waals surface area contributed by atoms with Crippen LogP contribution in [0.1, 0.15) is 59.8 Å². The van der Waals surface area contributed by atoms with Crippen molar-refractivity contribution >= 4 is 6.09 Å². The third-order valence-corrected chi connectivity index (χ3v) is 3.90. The minimum atomic E-state index is -0.427. The molecule has 0 aromatic carbocycles. The number of ether oxygens (including phenoxy) is 2. The van der Waals surface area contributed by atoms with Crippen LogP contribution in [-0.4, -0.2) is 55.5 Å². The summed E-state index contributed by atoms with van der Waals surface area (Å²) in [6.07, 6.45) is 5.17. The normalized spacial score (nSPS) is 20.8. The van der Waals surface area contributed by atoms with E-state index >= 15 is 0 Å². The molecule has 1 aliphatic heterocycles. The monoisotopic (exact) mass is 314 g/mol. The van der Waals surface area contributed by atoms with Crippen molar-refractivity contribution in [2.75, 3.05) is 26.8 Å². The summed E-state index contributed by atoms with van der Waals surface area (Å²) < 4.78 is 10.6. The van der Waals surface area contributed by atoms with Gasteiger partial charge in [0.15, 0.2) is 0 Å². The zero-order valence-electron chi connectivity index (χ0n) is 15.0. The number of methoxy groups -OCH3 is 1. The molecule has 1 saturated heterocycles. The Kier molecular flexibility index (Phi) is 8.18. The van der Waals surface area contributed by atoms with Gasteiger partial charge in [-0.15, -0.1) is 0 Å². The van der Waals surface area contributed by atoms with Crippen LogP contribution in [0.5, 0.6) is 0 Å². The van der Waals surface area contributed by atoms with Gasteiger partial charge in [0.2, 0.25) is 0 Å². The first-order chi connectivity index (χ1) is 10.3. The fourth-order valence-corrected chi connectivity index (χ4v) is 2.86. The fraction of sp³-hybridized carbons (Fsp3) is 0.941. The number of hydrogen-bond donors (Lipinski definition) is 1. The van der Waals surface area contributed by atoms with Gasteiger partial charge in [-0.25, -0.2) is 4.79 Å². The maximum atomic E-state index is 12.4. The molecule has 5 heteroatoms. The molecule has 0 aliphatic carbocycles. The molecule has 5 nitrogen and oxygen atoms in total. The first kappa shape index (κ1) is 19.2. The maximum absolute atomic E-state index is 12.4. The summed E-state index contributed by atoms with van der Waals surface area (Å²) in [5.41, 5.74) is -0.427. The van der Waals surface area contributed by atoms with E-state index in [9.17, 15) is 4.79 Å². The molecule has 1 N–H and O–H groups in total. The number of carbonyl (C=O) groups is 1. The minimum Gasteiger partial charge on any atom is -0.444 e.